The van der Waals surface area contributed by atoms with Crippen LogP contribution >= 0.6 is 22.7 Å². The molecule has 5 nitrogen and oxygen atoms in total. The molecule has 4 N–H and O–H groups in total. The van der Waals surface area contributed by atoms with Gasteiger partial charge in [0.2, 0.25) is 5.95 Å². The lowest BCUT2D eigenvalue weighted by Gasteiger charge is -2.07. The first-order chi connectivity index (χ1) is 9.80. The van der Waals surface area contributed by atoms with Crippen LogP contribution in [-0.2, 0) is 13.0 Å². The quantitative estimate of drug-likeness (QED) is 0.498. The summed E-state index contributed by atoms with van der Waals surface area (Å²) in [6, 6.07) is 6.30. The van der Waals surface area contributed by atoms with Crippen LogP contribution in [0.4, 0.5) is 11.8 Å². The van der Waals surface area contributed by atoms with Crippen LogP contribution in [0, 0.1) is 0 Å². The number of nitrogens with two attached hydrogens (primary N) is 1. The van der Waals surface area contributed by atoms with E-state index in [9.17, 15) is 0 Å². The average molecular weight is 305 g/mol. The van der Waals surface area contributed by atoms with Crippen molar-refractivity contribution in [2.75, 3.05) is 10.7 Å². The maximum atomic E-state index is 5.44. The van der Waals surface area contributed by atoms with Crippen molar-refractivity contribution in [3.8, 4) is 0 Å². The number of hydrogen-bond acceptors (Lipinski definition) is 7. The van der Waals surface area contributed by atoms with E-state index in [-0.39, 0.29) is 0 Å². The zero-order chi connectivity index (χ0) is 13.9. The molecule has 0 aromatic carbocycles. The van der Waals surface area contributed by atoms with Crippen LogP contribution in [0.1, 0.15) is 16.7 Å². The SMILES string of the molecule is CCc1cc2c(NCc3cccs3)nc(NN)nc2s1. The van der Waals surface area contributed by atoms with Crippen molar-refractivity contribution in [2.45, 2.75) is 19.9 Å². The van der Waals surface area contributed by atoms with E-state index >= 15 is 0 Å². The predicted molar refractivity (Wildman–Crippen MR) is 86.2 cm³/mol. The van der Waals surface area contributed by atoms with Crippen LogP contribution in [0.5, 0.6) is 0 Å². The van der Waals surface area contributed by atoms with Crippen molar-refractivity contribution in [2.24, 2.45) is 5.84 Å². The number of hydrazine groups is 1. The minimum Gasteiger partial charge on any atom is -0.364 e. The molecule has 0 aliphatic heterocycles. The van der Waals surface area contributed by atoms with Crippen molar-refractivity contribution in [1.29, 1.82) is 0 Å². The molecule has 0 fully saturated rings. The summed E-state index contributed by atoms with van der Waals surface area (Å²) in [5.74, 6) is 6.71. The van der Waals surface area contributed by atoms with Crippen molar-refractivity contribution >= 4 is 44.7 Å². The first kappa shape index (κ1) is 13.3. The van der Waals surface area contributed by atoms with Crippen molar-refractivity contribution in [3.63, 3.8) is 0 Å². The van der Waals surface area contributed by atoms with E-state index < -0.39 is 0 Å². The van der Waals surface area contributed by atoms with Crippen LogP contribution in [0.15, 0.2) is 23.6 Å². The highest BCUT2D eigenvalue weighted by Crippen LogP contribution is 2.30. The molecule has 104 valence electrons. The maximum absolute atomic E-state index is 5.44. The summed E-state index contributed by atoms with van der Waals surface area (Å²) < 4.78 is 0. The molecule has 0 spiro atoms. The number of aromatic nitrogens is 2. The summed E-state index contributed by atoms with van der Waals surface area (Å²) in [6.07, 6.45) is 0.997. The molecule has 0 bridgehead atoms. The molecule has 0 saturated carbocycles. The summed E-state index contributed by atoms with van der Waals surface area (Å²) in [6.45, 7) is 2.89. The molecule has 0 radical (unpaired) electrons. The molecule has 0 saturated heterocycles. The number of rotatable bonds is 5. The Labute approximate surface area is 124 Å². The zero-order valence-electron chi connectivity index (χ0n) is 11.0. The zero-order valence-corrected chi connectivity index (χ0v) is 12.6. The van der Waals surface area contributed by atoms with Gasteiger partial charge in [-0.3, -0.25) is 5.43 Å². The van der Waals surface area contributed by atoms with Gasteiger partial charge < -0.3 is 5.32 Å². The van der Waals surface area contributed by atoms with Gasteiger partial charge in [-0.2, -0.15) is 4.98 Å². The third-order valence-corrected chi connectivity index (χ3v) is 4.98. The molecule has 0 aliphatic rings. The molecule has 0 unspecified atom stereocenters. The van der Waals surface area contributed by atoms with E-state index in [4.69, 9.17) is 5.84 Å². The molecular formula is C13H15N5S2. The average Bonchev–Trinajstić information content (AvgIpc) is 3.12. The Kier molecular flexibility index (Phi) is 3.81. The molecule has 3 heterocycles. The lowest BCUT2D eigenvalue weighted by molar-refractivity contribution is 1.11. The number of thiophene rings is 2. The number of nitrogens with one attached hydrogen (secondary N) is 2. The minimum absolute atomic E-state index is 0.440. The van der Waals surface area contributed by atoms with E-state index in [0.717, 1.165) is 29.0 Å². The molecule has 3 aromatic heterocycles. The number of nitrogen functional groups attached to an aromatic ring is 1. The van der Waals surface area contributed by atoms with Gasteiger partial charge in [0.25, 0.3) is 0 Å². The lowest BCUT2D eigenvalue weighted by atomic mass is 10.3. The van der Waals surface area contributed by atoms with Crippen molar-refractivity contribution < 1.29 is 0 Å². The Morgan fingerprint density at radius 3 is 2.90 bits per heavy atom. The molecule has 3 rings (SSSR count). The van der Waals surface area contributed by atoms with Gasteiger partial charge in [-0.15, -0.1) is 22.7 Å². The van der Waals surface area contributed by atoms with Crippen LogP contribution in [-0.4, -0.2) is 9.97 Å². The summed E-state index contributed by atoms with van der Waals surface area (Å²) >= 11 is 3.40. The second-order valence-corrected chi connectivity index (χ2v) is 6.41. The Balaban J connectivity index is 1.96. The number of aryl methyl sites for hydroxylation is 1. The molecule has 7 heteroatoms. The second-order valence-electron chi connectivity index (χ2n) is 4.26. The molecule has 0 amide bonds. The third-order valence-electron chi connectivity index (χ3n) is 2.93. The highest BCUT2D eigenvalue weighted by atomic mass is 32.1. The molecule has 0 aliphatic carbocycles. The van der Waals surface area contributed by atoms with Crippen molar-refractivity contribution in [1.82, 2.24) is 9.97 Å². The largest absolute Gasteiger partial charge is 0.364 e. The fourth-order valence-corrected chi connectivity index (χ4v) is 3.54. The lowest BCUT2D eigenvalue weighted by Crippen LogP contribution is -2.11. The maximum Gasteiger partial charge on any atom is 0.240 e. The van der Waals surface area contributed by atoms with E-state index in [1.54, 1.807) is 22.7 Å². The van der Waals surface area contributed by atoms with Gasteiger partial charge >= 0.3 is 0 Å². The van der Waals surface area contributed by atoms with Gasteiger partial charge in [0.15, 0.2) is 0 Å². The Morgan fingerprint density at radius 2 is 2.20 bits per heavy atom. The van der Waals surface area contributed by atoms with Gasteiger partial charge in [0.05, 0.1) is 11.9 Å². The first-order valence-electron chi connectivity index (χ1n) is 6.33. The van der Waals surface area contributed by atoms with Gasteiger partial charge in [-0.05, 0) is 23.9 Å². The van der Waals surface area contributed by atoms with E-state index in [0.29, 0.717) is 5.95 Å². The molecular weight excluding hydrogens is 290 g/mol. The van der Waals surface area contributed by atoms with E-state index in [1.807, 2.05) is 6.07 Å². The number of fused-ring (bicyclic) bond motifs is 1. The monoisotopic (exact) mass is 305 g/mol. The number of nitrogens with zero attached hydrogens (tertiary/aromatic N) is 2. The standard InChI is InChI=1S/C13H15N5S2/c1-2-8-6-10-11(15-7-9-4-3-5-19-9)16-13(18-14)17-12(10)20-8/h3-6H,2,7,14H2,1H3,(H2,15,16,17,18). The topological polar surface area (TPSA) is 75.9 Å². The normalized spacial score (nSPS) is 10.9. The third kappa shape index (κ3) is 2.60. The number of anilines is 2. The second kappa shape index (κ2) is 5.74. The molecule has 0 atom stereocenters. The fourth-order valence-electron chi connectivity index (χ4n) is 1.93. The van der Waals surface area contributed by atoms with Gasteiger partial charge in [-0.25, -0.2) is 10.8 Å². The van der Waals surface area contributed by atoms with Gasteiger partial charge in [0.1, 0.15) is 10.6 Å². The fraction of sp³-hybridized carbons (Fsp3) is 0.231. The van der Waals surface area contributed by atoms with Crippen LogP contribution < -0.4 is 16.6 Å². The Morgan fingerprint density at radius 1 is 1.30 bits per heavy atom. The van der Waals surface area contributed by atoms with Crippen LogP contribution in [0.3, 0.4) is 0 Å². The Hall–Kier alpha value is -1.70. The first-order valence-corrected chi connectivity index (χ1v) is 8.03. The van der Waals surface area contributed by atoms with Crippen LogP contribution in [0.2, 0.25) is 0 Å². The van der Waals surface area contributed by atoms with Crippen LogP contribution in [0.25, 0.3) is 10.2 Å². The van der Waals surface area contributed by atoms with E-state index in [1.165, 1.54) is 9.75 Å². The van der Waals surface area contributed by atoms with Gasteiger partial charge in [-0.1, -0.05) is 13.0 Å². The van der Waals surface area contributed by atoms with Gasteiger partial charge in [0, 0.05) is 9.75 Å². The Bertz CT molecular complexity index is 705. The highest BCUT2D eigenvalue weighted by molar-refractivity contribution is 7.18. The predicted octanol–water partition coefficient (Wildman–Crippen LogP) is 3.21. The molecule has 3 aromatic rings. The summed E-state index contributed by atoms with van der Waals surface area (Å²) in [5.41, 5.74) is 2.53. The summed E-state index contributed by atoms with van der Waals surface area (Å²) in [4.78, 5) is 12.3. The summed E-state index contributed by atoms with van der Waals surface area (Å²) in [7, 11) is 0. The molecule has 20 heavy (non-hydrogen) atoms. The highest BCUT2D eigenvalue weighted by Gasteiger charge is 2.11. The minimum atomic E-state index is 0.440. The van der Waals surface area contributed by atoms with Crippen molar-refractivity contribution in [3.05, 3.63) is 33.3 Å². The number of hydrogen-bond donors (Lipinski definition) is 3. The van der Waals surface area contributed by atoms with E-state index in [2.05, 4.69) is 45.1 Å². The smallest absolute Gasteiger partial charge is 0.240 e. The summed E-state index contributed by atoms with van der Waals surface area (Å²) in [5, 5.41) is 6.50.